The van der Waals surface area contributed by atoms with Gasteiger partial charge >= 0.3 is 5.97 Å². The topological polar surface area (TPSA) is 54.6 Å². The first-order chi connectivity index (χ1) is 9.68. The number of aromatic nitrogens is 2. The summed E-state index contributed by atoms with van der Waals surface area (Å²) in [5.41, 5.74) is 3.37. The van der Waals surface area contributed by atoms with Crippen LogP contribution in [0.3, 0.4) is 0 Å². The fourth-order valence-corrected chi connectivity index (χ4v) is 2.20. The summed E-state index contributed by atoms with van der Waals surface area (Å²) < 4.78 is 1.56. The van der Waals surface area contributed by atoms with E-state index < -0.39 is 5.97 Å². The predicted molar refractivity (Wildman–Crippen MR) is 76.7 cm³/mol. The number of hydrogen-bond acceptors (Lipinski definition) is 2. The lowest BCUT2D eigenvalue weighted by Gasteiger charge is -2.08. The molecule has 0 saturated heterocycles. The molecular formula is C16H12N2O2. The highest BCUT2D eigenvalue weighted by Crippen LogP contribution is 2.25. The Morgan fingerprint density at radius 3 is 2.60 bits per heavy atom. The molecule has 98 valence electrons. The van der Waals surface area contributed by atoms with Gasteiger partial charge < -0.3 is 5.11 Å². The maximum absolute atomic E-state index is 11.1. The fourth-order valence-electron chi connectivity index (χ4n) is 2.20. The minimum absolute atomic E-state index is 0.141. The van der Waals surface area contributed by atoms with Crippen LogP contribution in [0.5, 0.6) is 0 Å². The lowest BCUT2D eigenvalue weighted by Crippen LogP contribution is -2.02. The Kier molecular flexibility index (Phi) is 2.84. The molecule has 0 aliphatic rings. The SMILES string of the molecule is C=C(c1ccccc1)c1cccn2c(C(=O)O)cnc12. The predicted octanol–water partition coefficient (Wildman–Crippen LogP) is 3.09. The maximum Gasteiger partial charge on any atom is 0.354 e. The van der Waals surface area contributed by atoms with E-state index in [2.05, 4.69) is 11.6 Å². The number of imidazole rings is 1. The summed E-state index contributed by atoms with van der Waals surface area (Å²) in [7, 11) is 0. The molecule has 0 spiro atoms. The normalized spacial score (nSPS) is 10.6. The highest BCUT2D eigenvalue weighted by molar-refractivity contribution is 5.89. The van der Waals surface area contributed by atoms with E-state index in [4.69, 9.17) is 5.11 Å². The van der Waals surface area contributed by atoms with Crippen LogP contribution < -0.4 is 0 Å². The van der Waals surface area contributed by atoms with Gasteiger partial charge in [0.05, 0.1) is 6.20 Å². The van der Waals surface area contributed by atoms with Crippen molar-refractivity contribution in [1.29, 1.82) is 0 Å². The summed E-state index contributed by atoms with van der Waals surface area (Å²) in [5.74, 6) is -1.00. The molecule has 2 aromatic heterocycles. The minimum atomic E-state index is -1.00. The monoisotopic (exact) mass is 264 g/mol. The van der Waals surface area contributed by atoms with Gasteiger partial charge in [-0.25, -0.2) is 9.78 Å². The molecule has 0 bridgehead atoms. The van der Waals surface area contributed by atoms with Gasteiger partial charge in [0.1, 0.15) is 5.65 Å². The smallest absolute Gasteiger partial charge is 0.354 e. The maximum atomic E-state index is 11.1. The van der Waals surface area contributed by atoms with Gasteiger partial charge in [-0.15, -0.1) is 0 Å². The molecule has 2 heterocycles. The average molecular weight is 264 g/mol. The first-order valence-corrected chi connectivity index (χ1v) is 6.12. The molecule has 4 heteroatoms. The molecule has 3 rings (SSSR count). The van der Waals surface area contributed by atoms with E-state index in [9.17, 15) is 4.79 Å². The van der Waals surface area contributed by atoms with Crippen molar-refractivity contribution in [3.05, 3.63) is 78.3 Å². The Balaban J connectivity index is 2.18. The Morgan fingerprint density at radius 2 is 1.90 bits per heavy atom. The quantitative estimate of drug-likeness (QED) is 0.790. The summed E-state index contributed by atoms with van der Waals surface area (Å²) >= 11 is 0. The third-order valence-corrected chi connectivity index (χ3v) is 3.20. The molecule has 0 atom stereocenters. The Hall–Kier alpha value is -2.88. The molecule has 0 radical (unpaired) electrons. The Morgan fingerprint density at radius 1 is 1.15 bits per heavy atom. The summed E-state index contributed by atoms with van der Waals surface area (Å²) in [6, 6.07) is 13.4. The molecular weight excluding hydrogens is 252 g/mol. The first-order valence-electron chi connectivity index (χ1n) is 6.12. The molecule has 4 nitrogen and oxygen atoms in total. The lowest BCUT2D eigenvalue weighted by molar-refractivity contribution is 0.0689. The second kappa shape index (κ2) is 4.66. The standard InChI is InChI=1S/C16H12N2O2/c1-11(12-6-3-2-4-7-12)13-8-5-9-18-14(16(19)20)10-17-15(13)18/h2-10H,1H2,(H,19,20). The van der Waals surface area contributed by atoms with Crippen molar-refractivity contribution in [2.75, 3.05) is 0 Å². The van der Waals surface area contributed by atoms with Gasteiger partial charge in [-0.2, -0.15) is 0 Å². The van der Waals surface area contributed by atoms with Crippen molar-refractivity contribution in [3.63, 3.8) is 0 Å². The van der Waals surface area contributed by atoms with Crippen LogP contribution >= 0.6 is 0 Å². The molecule has 20 heavy (non-hydrogen) atoms. The lowest BCUT2D eigenvalue weighted by atomic mass is 10.0. The van der Waals surface area contributed by atoms with E-state index in [1.54, 1.807) is 16.7 Å². The minimum Gasteiger partial charge on any atom is -0.477 e. The first kappa shape index (κ1) is 12.2. The van der Waals surface area contributed by atoms with E-state index in [1.807, 2.05) is 36.4 Å². The second-order valence-electron chi connectivity index (χ2n) is 4.41. The fraction of sp³-hybridized carbons (Fsp3) is 0. The zero-order chi connectivity index (χ0) is 14.1. The van der Waals surface area contributed by atoms with Crippen molar-refractivity contribution in [3.8, 4) is 0 Å². The number of carboxylic acid groups (broad SMARTS) is 1. The Bertz CT molecular complexity index is 804. The molecule has 0 amide bonds. The molecule has 0 aliphatic heterocycles. The number of nitrogens with zero attached hydrogens (tertiary/aromatic N) is 2. The van der Waals surface area contributed by atoms with Crippen molar-refractivity contribution in [1.82, 2.24) is 9.38 Å². The number of hydrogen-bond donors (Lipinski definition) is 1. The third-order valence-electron chi connectivity index (χ3n) is 3.20. The van der Waals surface area contributed by atoms with Gasteiger partial charge in [-0.1, -0.05) is 36.9 Å². The van der Waals surface area contributed by atoms with E-state index in [0.717, 1.165) is 16.7 Å². The van der Waals surface area contributed by atoms with E-state index in [1.165, 1.54) is 6.20 Å². The highest BCUT2D eigenvalue weighted by Gasteiger charge is 2.14. The summed E-state index contributed by atoms with van der Waals surface area (Å²) in [5, 5.41) is 9.13. The number of pyridine rings is 1. The van der Waals surface area contributed by atoms with Gasteiger partial charge in [0.2, 0.25) is 0 Å². The number of carbonyl (C=O) groups is 1. The van der Waals surface area contributed by atoms with E-state index in [-0.39, 0.29) is 5.69 Å². The number of benzene rings is 1. The van der Waals surface area contributed by atoms with Crippen molar-refractivity contribution in [2.45, 2.75) is 0 Å². The van der Waals surface area contributed by atoms with Crippen LogP contribution in [0.25, 0.3) is 11.2 Å². The van der Waals surface area contributed by atoms with Crippen LogP contribution in [0.2, 0.25) is 0 Å². The highest BCUT2D eigenvalue weighted by atomic mass is 16.4. The molecule has 0 unspecified atom stereocenters. The number of aromatic carboxylic acids is 1. The largest absolute Gasteiger partial charge is 0.477 e. The van der Waals surface area contributed by atoms with E-state index >= 15 is 0 Å². The van der Waals surface area contributed by atoms with Crippen LogP contribution in [0.4, 0.5) is 0 Å². The van der Waals surface area contributed by atoms with Crippen LogP contribution in [-0.2, 0) is 0 Å². The second-order valence-corrected chi connectivity index (χ2v) is 4.41. The van der Waals surface area contributed by atoms with Crippen LogP contribution in [0.15, 0.2) is 61.4 Å². The zero-order valence-corrected chi connectivity index (χ0v) is 10.7. The Labute approximate surface area is 115 Å². The van der Waals surface area contributed by atoms with E-state index in [0.29, 0.717) is 5.65 Å². The van der Waals surface area contributed by atoms with Gasteiger partial charge in [-0.3, -0.25) is 4.40 Å². The van der Waals surface area contributed by atoms with Crippen molar-refractivity contribution < 1.29 is 9.90 Å². The number of fused-ring (bicyclic) bond motifs is 1. The van der Waals surface area contributed by atoms with Crippen molar-refractivity contribution in [2.24, 2.45) is 0 Å². The molecule has 0 saturated carbocycles. The molecule has 1 aromatic carbocycles. The molecule has 0 aliphatic carbocycles. The van der Waals surface area contributed by atoms with Gasteiger partial charge in [0.25, 0.3) is 0 Å². The summed E-state index contributed by atoms with van der Waals surface area (Å²) in [6.45, 7) is 4.10. The van der Waals surface area contributed by atoms with Gasteiger partial charge in [0, 0.05) is 11.8 Å². The van der Waals surface area contributed by atoms with Crippen LogP contribution in [-0.4, -0.2) is 20.5 Å². The number of carboxylic acids is 1. The van der Waals surface area contributed by atoms with Crippen LogP contribution in [0, 0.1) is 0 Å². The van der Waals surface area contributed by atoms with Gasteiger partial charge in [-0.05, 0) is 23.3 Å². The zero-order valence-electron chi connectivity index (χ0n) is 10.7. The number of rotatable bonds is 3. The summed E-state index contributed by atoms with van der Waals surface area (Å²) in [6.07, 6.45) is 3.05. The third kappa shape index (κ3) is 1.87. The average Bonchev–Trinajstić information content (AvgIpc) is 2.91. The molecule has 1 N–H and O–H groups in total. The molecule has 3 aromatic rings. The van der Waals surface area contributed by atoms with Gasteiger partial charge in [0.15, 0.2) is 5.69 Å². The molecule has 0 fully saturated rings. The van der Waals surface area contributed by atoms with Crippen LogP contribution in [0.1, 0.15) is 21.6 Å². The summed E-state index contributed by atoms with van der Waals surface area (Å²) in [4.78, 5) is 15.4. The van der Waals surface area contributed by atoms with Crippen molar-refractivity contribution >= 4 is 17.2 Å².